The van der Waals surface area contributed by atoms with E-state index in [1.807, 2.05) is 0 Å². The summed E-state index contributed by atoms with van der Waals surface area (Å²) >= 11 is 0. The van der Waals surface area contributed by atoms with Gasteiger partial charge in [-0.15, -0.1) is 0 Å². The molecule has 1 aromatic carbocycles. The van der Waals surface area contributed by atoms with Gasteiger partial charge in [0.2, 0.25) is 0 Å². The lowest BCUT2D eigenvalue weighted by molar-refractivity contribution is 0.310. The number of halogens is 1. The van der Waals surface area contributed by atoms with Gasteiger partial charge >= 0.3 is 0 Å². The van der Waals surface area contributed by atoms with Crippen molar-refractivity contribution in [2.45, 2.75) is 13.2 Å². The predicted octanol–water partition coefficient (Wildman–Crippen LogP) is 0.511. The van der Waals surface area contributed by atoms with E-state index >= 15 is 0 Å². The summed E-state index contributed by atoms with van der Waals surface area (Å²) in [5.41, 5.74) is 6.17. The van der Waals surface area contributed by atoms with Crippen molar-refractivity contribution in [2.75, 3.05) is 6.26 Å². The number of aromatic nitrogens is 2. The summed E-state index contributed by atoms with van der Waals surface area (Å²) in [6, 6.07) is 5.63. The Balaban J connectivity index is 2.39. The molecule has 0 radical (unpaired) electrons. The average molecular weight is 327 g/mol. The van der Waals surface area contributed by atoms with Crippen LogP contribution >= 0.6 is 0 Å². The van der Waals surface area contributed by atoms with Crippen LogP contribution in [0.15, 0.2) is 29.1 Å². The van der Waals surface area contributed by atoms with Gasteiger partial charge in [0.15, 0.2) is 0 Å². The third-order valence-corrected chi connectivity index (χ3v) is 3.42. The third-order valence-electron chi connectivity index (χ3n) is 2.87. The van der Waals surface area contributed by atoms with Gasteiger partial charge in [0.05, 0.1) is 18.6 Å². The first-order chi connectivity index (χ1) is 10.3. The number of rotatable bonds is 5. The van der Waals surface area contributed by atoms with E-state index in [4.69, 9.17) is 5.73 Å². The lowest BCUT2D eigenvalue weighted by Gasteiger charge is -2.06. The first-order valence-corrected chi connectivity index (χ1v) is 8.03. The summed E-state index contributed by atoms with van der Waals surface area (Å²) in [5, 5.41) is 6.10. The van der Waals surface area contributed by atoms with Crippen LogP contribution in [0.2, 0.25) is 0 Å². The zero-order chi connectivity index (χ0) is 16.3. The molecule has 7 nitrogen and oxygen atoms in total. The topological polar surface area (TPSA) is 115 Å². The molecule has 0 saturated carbocycles. The minimum absolute atomic E-state index is 0.0209. The number of nitrogens with one attached hydrogen (secondary N) is 1. The molecule has 2 aromatic rings. The van der Waals surface area contributed by atoms with E-state index in [0.29, 0.717) is 16.8 Å². The van der Waals surface area contributed by atoms with Crippen molar-refractivity contribution < 1.29 is 17.0 Å². The highest BCUT2D eigenvalue weighted by atomic mass is 32.2. The third kappa shape index (κ3) is 3.97. The lowest BCUT2D eigenvalue weighted by Crippen LogP contribution is -2.17. The summed E-state index contributed by atoms with van der Waals surface area (Å²) in [6.07, 6.45) is 0.886. The van der Waals surface area contributed by atoms with E-state index in [1.54, 1.807) is 0 Å². The van der Waals surface area contributed by atoms with Crippen LogP contribution in [0.4, 0.5) is 4.39 Å². The average Bonchev–Trinajstić information content (AvgIpc) is 2.46. The van der Waals surface area contributed by atoms with Gasteiger partial charge in [0.25, 0.3) is 15.7 Å². The van der Waals surface area contributed by atoms with Gasteiger partial charge in [-0.1, -0.05) is 0 Å². The first-order valence-electron chi connectivity index (χ1n) is 6.22. The summed E-state index contributed by atoms with van der Waals surface area (Å²) < 4.78 is 40.0. The van der Waals surface area contributed by atoms with Gasteiger partial charge in [-0.25, -0.2) is 9.49 Å². The predicted molar refractivity (Wildman–Crippen MR) is 77.8 cm³/mol. The van der Waals surface area contributed by atoms with Crippen LogP contribution in [0.1, 0.15) is 11.1 Å². The normalized spacial score (nSPS) is 11.6. The Bertz CT molecular complexity index is 849. The zero-order valence-electron chi connectivity index (χ0n) is 11.7. The number of benzene rings is 1. The standard InChI is InChI=1S/C13H14FN3O4S/c1-22(19,20)21-7-10-5-12(16-17-13(10)18)8-2-3-11(14)9(4-8)6-15/h2-5H,6-7,15H2,1H3,(H,17,18). The van der Waals surface area contributed by atoms with E-state index in [9.17, 15) is 17.6 Å². The summed E-state index contributed by atoms with van der Waals surface area (Å²) in [4.78, 5) is 11.6. The highest BCUT2D eigenvalue weighted by Gasteiger charge is 2.10. The van der Waals surface area contributed by atoms with Gasteiger partial charge in [-0.2, -0.15) is 13.5 Å². The fourth-order valence-electron chi connectivity index (χ4n) is 1.76. The van der Waals surface area contributed by atoms with Crippen LogP contribution in [-0.4, -0.2) is 24.9 Å². The van der Waals surface area contributed by atoms with Gasteiger partial charge in [0.1, 0.15) is 5.82 Å². The molecule has 1 aromatic heterocycles. The van der Waals surface area contributed by atoms with Gasteiger partial charge in [-0.05, 0) is 24.3 Å². The van der Waals surface area contributed by atoms with Crippen molar-refractivity contribution in [3.8, 4) is 11.3 Å². The first kappa shape index (κ1) is 16.3. The number of nitrogens with zero attached hydrogens (tertiary/aromatic N) is 1. The molecule has 0 aliphatic rings. The molecule has 9 heteroatoms. The van der Waals surface area contributed by atoms with Crippen molar-refractivity contribution in [2.24, 2.45) is 5.73 Å². The van der Waals surface area contributed by atoms with Crippen molar-refractivity contribution in [3.05, 3.63) is 51.6 Å². The highest BCUT2D eigenvalue weighted by molar-refractivity contribution is 7.85. The molecule has 1 heterocycles. The SMILES string of the molecule is CS(=O)(=O)OCc1cc(-c2ccc(F)c(CN)c2)n[nH]c1=O. The molecule has 2 rings (SSSR count). The van der Waals surface area contributed by atoms with Gasteiger partial charge in [-0.3, -0.25) is 8.98 Å². The van der Waals surface area contributed by atoms with Gasteiger partial charge < -0.3 is 5.73 Å². The largest absolute Gasteiger partial charge is 0.326 e. The Kier molecular flexibility index (Phi) is 4.69. The molecule has 0 unspecified atom stereocenters. The molecule has 0 spiro atoms. The molecule has 3 N–H and O–H groups in total. The van der Waals surface area contributed by atoms with Crippen molar-refractivity contribution >= 4 is 10.1 Å². The second-order valence-corrected chi connectivity index (χ2v) is 6.23. The lowest BCUT2D eigenvalue weighted by atomic mass is 10.1. The number of H-pyrrole nitrogens is 1. The number of aromatic amines is 1. The van der Waals surface area contributed by atoms with E-state index in [2.05, 4.69) is 14.4 Å². The van der Waals surface area contributed by atoms with Crippen molar-refractivity contribution in [3.63, 3.8) is 0 Å². The smallest absolute Gasteiger partial charge is 0.269 e. The van der Waals surface area contributed by atoms with Gasteiger partial charge in [0, 0.05) is 23.2 Å². The van der Waals surface area contributed by atoms with Crippen LogP contribution in [-0.2, 0) is 27.5 Å². The molecule has 0 aliphatic carbocycles. The van der Waals surface area contributed by atoms with Crippen LogP contribution in [0.5, 0.6) is 0 Å². The van der Waals surface area contributed by atoms with Crippen LogP contribution in [0.3, 0.4) is 0 Å². The van der Waals surface area contributed by atoms with Crippen LogP contribution < -0.4 is 11.3 Å². The van der Waals surface area contributed by atoms with Crippen molar-refractivity contribution in [1.29, 1.82) is 0 Å². The Hall–Kier alpha value is -2.10. The van der Waals surface area contributed by atoms with Crippen molar-refractivity contribution in [1.82, 2.24) is 10.2 Å². The Morgan fingerprint density at radius 3 is 2.68 bits per heavy atom. The summed E-state index contributed by atoms with van der Waals surface area (Å²) in [5.74, 6) is -0.434. The molecular formula is C13H14FN3O4S. The summed E-state index contributed by atoms with van der Waals surface area (Å²) in [7, 11) is -3.67. The number of hydrogen-bond donors (Lipinski definition) is 2. The second kappa shape index (κ2) is 6.34. The number of hydrogen-bond acceptors (Lipinski definition) is 6. The Morgan fingerprint density at radius 2 is 2.05 bits per heavy atom. The van der Waals surface area contributed by atoms with E-state index in [1.165, 1.54) is 24.3 Å². The fourth-order valence-corrected chi connectivity index (χ4v) is 2.10. The maximum Gasteiger partial charge on any atom is 0.269 e. The Labute approximate surface area is 126 Å². The molecular weight excluding hydrogens is 313 g/mol. The van der Waals surface area contributed by atoms with E-state index in [-0.39, 0.29) is 12.1 Å². The minimum Gasteiger partial charge on any atom is -0.326 e. The van der Waals surface area contributed by atoms with Crippen LogP contribution in [0.25, 0.3) is 11.3 Å². The Morgan fingerprint density at radius 1 is 1.32 bits per heavy atom. The van der Waals surface area contributed by atoms with E-state index in [0.717, 1.165) is 6.26 Å². The molecule has 0 fully saturated rings. The monoisotopic (exact) mass is 327 g/mol. The molecule has 118 valence electrons. The molecule has 0 bridgehead atoms. The summed E-state index contributed by atoms with van der Waals surface area (Å²) in [6.45, 7) is -0.387. The molecule has 0 saturated heterocycles. The molecule has 0 aliphatic heterocycles. The minimum atomic E-state index is -3.67. The van der Waals surface area contributed by atoms with E-state index < -0.39 is 28.1 Å². The zero-order valence-corrected chi connectivity index (χ0v) is 12.5. The fraction of sp³-hybridized carbons (Fsp3) is 0.231. The highest BCUT2D eigenvalue weighted by Crippen LogP contribution is 2.20. The number of nitrogens with two attached hydrogens (primary N) is 1. The van der Waals surface area contributed by atoms with Crippen LogP contribution in [0, 0.1) is 5.82 Å². The molecule has 0 atom stereocenters. The molecule has 0 amide bonds. The quantitative estimate of drug-likeness (QED) is 0.773. The maximum absolute atomic E-state index is 13.4. The molecule has 22 heavy (non-hydrogen) atoms. The second-order valence-electron chi connectivity index (χ2n) is 4.58. The maximum atomic E-state index is 13.4.